The number of hydrogen-bond donors (Lipinski definition) is 1. The van der Waals surface area contributed by atoms with E-state index in [1.54, 1.807) is 4.90 Å². The van der Waals surface area contributed by atoms with E-state index >= 15 is 0 Å². The smallest absolute Gasteiger partial charge is 0.309 e. The quantitative estimate of drug-likeness (QED) is 0.583. The number of rotatable bonds is 8. The third kappa shape index (κ3) is 6.04. The molecule has 1 aromatic carbocycles. The van der Waals surface area contributed by atoms with Gasteiger partial charge in [-0.1, -0.05) is 23.7 Å². The number of unbranched alkanes of at least 4 members (excludes halogenated alkanes) is 1. The van der Waals surface area contributed by atoms with Crippen molar-refractivity contribution in [1.82, 2.24) is 0 Å². The number of nitrogens with one attached hydrogen (secondary N) is 1. The SMILES string of the molecule is CCOC(=O)C1CC[NH+](CCCCOc2ccccc2Cl)CC1. The van der Waals surface area contributed by atoms with E-state index in [0.29, 0.717) is 18.2 Å². The number of carbonyl (C=O) groups is 1. The van der Waals surface area contributed by atoms with Gasteiger partial charge in [0.1, 0.15) is 5.75 Å². The van der Waals surface area contributed by atoms with Gasteiger partial charge in [0.2, 0.25) is 0 Å². The van der Waals surface area contributed by atoms with Gasteiger partial charge in [-0.25, -0.2) is 0 Å². The molecule has 0 amide bonds. The normalized spacial score (nSPS) is 21.0. The Bertz CT molecular complexity index is 487. The highest BCUT2D eigenvalue weighted by Crippen LogP contribution is 2.23. The van der Waals surface area contributed by atoms with Gasteiger partial charge in [0.25, 0.3) is 0 Å². The van der Waals surface area contributed by atoms with E-state index in [2.05, 4.69) is 0 Å². The second kappa shape index (κ2) is 9.78. The molecule has 1 aliphatic rings. The van der Waals surface area contributed by atoms with Gasteiger partial charge in [-0.3, -0.25) is 4.79 Å². The van der Waals surface area contributed by atoms with Crippen molar-refractivity contribution in [2.75, 3.05) is 32.8 Å². The van der Waals surface area contributed by atoms with Crippen molar-refractivity contribution in [3.63, 3.8) is 0 Å². The van der Waals surface area contributed by atoms with Crippen LogP contribution in [0.1, 0.15) is 32.6 Å². The molecule has 0 aliphatic carbocycles. The van der Waals surface area contributed by atoms with E-state index in [0.717, 1.165) is 51.1 Å². The van der Waals surface area contributed by atoms with Crippen LogP contribution in [-0.4, -0.2) is 38.8 Å². The van der Waals surface area contributed by atoms with E-state index < -0.39 is 0 Å². The van der Waals surface area contributed by atoms with Gasteiger partial charge < -0.3 is 14.4 Å². The number of ether oxygens (including phenoxy) is 2. The van der Waals surface area contributed by atoms with Crippen LogP contribution in [0.2, 0.25) is 5.02 Å². The molecule has 1 aromatic rings. The summed E-state index contributed by atoms with van der Waals surface area (Å²) in [5.41, 5.74) is 0. The van der Waals surface area contributed by atoms with E-state index in [1.165, 1.54) is 0 Å². The molecule has 1 saturated heterocycles. The summed E-state index contributed by atoms with van der Waals surface area (Å²) in [5, 5.41) is 0.666. The maximum atomic E-state index is 11.7. The molecule has 0 saturated carbocycles. The lowest BCUT2D eigenvalue weighted by Crippen LogP contribution is -3.13. The van der Waals surface area contributed by atoms with Crippen LogP contribution < -0.4 is 9.64 Å². The standard InChI is InChI=1S/C18H26ClNO3/c1-2-22-18(21)15-9-12-20(13-10-15)11-5-6-14-23-17-8-4-3-7-16(17)19/h3-4,7-8,15H,2,5-6,9-14H2,1H3/p+1. The fourth-order valence-electron chi connectivity index (χ4n) is 2.99. The second-order valence-corrected chi connectivity index (χ2v) is 6.42. The van der Waals surface area contributed by atoms with E-state index in [4.69, 9.17) is 21.1 Å². The summed E-state index contributed by atoms with van der Waals surface area (Å²) in [6.45, 7) is 6.31. The van der Waals surface area contributed by atoms with Gasteiger partial charge in [-0.2, -0.15) is 0 Å². The second-order valence-electron chi connectivity index (χ2n) is 6.01. The zero-order chi connectivity index (χ0) is 16.5. The third-order valence-electron chi connectivity index (χ3n) is 4.33. The van der Waals surface area contributed by atoms with Gasteiger partial charge >= 0.3 is 5.97 Å². The minimum absolute atomic E-state index is 0.0142. The van der Waals surface area contributed by atoms with E-state index in [-0.39, 0.29) is 11.9 Å². The Morgan fingerprint density at radius 1 is 1.26 bits per heavy atom. The molecule has 0 unspecified atom stereocenters. The molecule has 4 nitrogen and oxygen atoms in total. The first kappa shape index (κ1) is 18.1. The number of hydrogen-bond acceptors (Lipinski definition) is 3. The first-order chi connectivity index (χ1) is 11.2. The van der Waals surface area contributed by atoms with E-state index in [1.807, 2.05) is 31.2 Å². The summed E-state index contributed by atoms with van der Waals surface area (Å²) in [6, 6.07) is 7.57. The molecule has 1 heterocycles. The average Bonchev–Trinajstić information content (AvgIpc) is 2.57. The first-order valence-electron chi connectivity index (χ1n) is 8.58. The minimum Gasteiger partial charge on any atom is -0.492 e. The number of piperidine rings is 1. The molecular weight excluding hydrogens is 314 g/mol. The molecule has 23 heavy (non-hydrogen) atoms. The summed E-state index contributed by atoms with van der Waals surface area (Å²) in [5.74, 6) is 0.860. The predicted octanol–water partition coefficient (Wildman–Crippen LogP) is 2.36. The van der Waals surface area contributed by atoms with Crippen LogP contribution in [-0.2, 0) is 9.53 Å². The molecule has 1 N–H and O–H groups in total. The lowest BCUT2D eigenvalue weighted by molar-refractivity contribution is -0.906. The van der Waals surface area contributed by atoms with Crippen molar-refractivity contribution in [3.8, 4) is 5.75 Å². The van der Waals surface area contributed by atoms with Crippen LogP contribution in [0.15, 0.2) is 24.3 Å². The van der Waals surface area contributed by atoms with Crippen LogP contribution in [0.5, 0.6) is 5.75 Å². The number of carbonyl (C=O) groups excluding carboxylic acids is 1. The Morgan fingerprint density at radius 2 is 2.00 bits per heavy atom. The lowest BCUT2D eigenvalue weighted by atomic mass is 9.97. The van der Waals surface area contributed by atoms with Crippen molar-refractivity contribution < 1.29 is 19.2 Å². The van der Waals surface area contributed by atoms with Crippen molar-refractivity contribution in [1.29, 1.82) is 0 Å². The number of para-hydroxylation sites is 1. The van der Waals surface area contributed by atoms with Crippen molar-refractivity contribution in [2.45, 2.75) is 32.6 Å². The fraction of sp³-hybridized carbons (Fsp3) is 0.611. The molecule has 1 aliphatic heterocycles. The topological polar surface area (TPSA) is 40.0 Å². The Labute approximate surface area is 143 Å². The van der Waals surface area contributed by atoms with Gasteiger partial charge in [-0.05, 0) is 31.9 Å². The largest absolute Gasteiger partial charge is 0.492 e. The molecule has 0 aromatic heterocycles. The van der Waals surface area contributed by atoms with Crippen LogP contribution in [0.4, 0.5) is 0 Å². The highest BCUT2D eigenvalue weighted by atomic mass is 35.5. The Kier molecular flexibility index (Phi) is 7.69. The fourth-order valence-corrected chi connectivity index (χ4v) is 3.18. The molecule has 2 rings (SSSR count). The molecule has 128 valence electrons. The summed E-state index contributed by atoms with van der Waals surface area (Å²) in [6.07, 6.45) is 4.05. The number of halogens is 1. The zero-order valence-corrected chi connectivity index (χ0v) is 14.6. The van der Waals surface area contributed by atoms with Crippen LogP contribution in [0.25, 0.3) is 0 Å². The summed E-state index contributed by atoms with van der Waals surface area (Å²) >= 11 is 6.05. The van der Waals surface area contributed by atoms with E-state index in [9.17, 15) is 4.79 Å². The summed E-state index contributed by atoms with van der Waals surface area (Å²) in [4.78, 5) is 13.3. The maximum Gasteiger partial charge on any atom is 0.309 e. The Morgan fingerprint density at radius 3 is 2.70 bits per heavy atom. The van der Waals surface area contributed by atoms with Crippen LogP contribution in [0.3, 0.4) is 0 Å². The predicted molar refractivity (Wildman–Crippen MR) is 91.1 cm³/mol. The first-order valence-corrected chi connectivity index (χ1v) is 8.96. The van der Waals surface area contributed by atoms with Crippen molar-refractivity contribution in [2.24, 2.45) is 5.92 Å². The molecular formula is C18H27ClNO3+. The van der Waals surface area contributed by atoms with Gasteiger partial charge in [-0.15, -0.1) is 0 Å². The summed E-state index contributed by atoms with van der Waals surface area (Å²) in [7, 11) is 0. The highest BCUT2D eigenvalue weighted by Gasteiger charge is 2.27. The minimum atomic E-state index is -0.0142. The number of esters is 1. The van der Waals surface area contributed by atoms with Gasteiger partial charge in [0, 0.05) is 12.8 Å². The maximum absolute atomic E-state index is 11.7. The van der Waals surface area contributed by atoms with Crippen molar-refractivity contribution >= 4 is 17.6 Å². The highest BCUT2D eigenvalue weighted by molar-refractivity contribution is 6.32. The molecule has 0 bridgehead atoms. The van der Waals surface area contributed by atoms with Crippen LogP contribution in [0, 0.1) is 5.92 Å². The molecule has 1 fully saturated rings. The number of quaternary nitrogens is 1. The van der Waals surface area contributed by atoms with Crippen molar-refractivity contribution in [3.05, 3.63) is 29.3 Å². The molecule has 0 spiro atoms. The monoisotopic (exact) mass is 340 g/mol. The molecule has 0 radical (unpaired) electrons. The molecule has 5 heteroatoms. The average molecular weight is 341 g/mol. The number of benzene rings is 1. The number of likely N-dealkylation sites (tertiary alicyclic amines) is 1. The van der Waals surface area contributed by atoms with Gasteiger partial charge in [0.05, 0.1) is 43.8 Å². The van der Waals surface area contributed by atoms with Crippen LogP contribution >= 0.6 is 11.6 Å². The Hall–Kier alpha value is -1.26. The third-order valence-corrected chi connectivity index (χ3v) is 4.64. The van der Waals surface area contributed by atoms with Gasteiger partial charge in [0.15, 0.2) is 0 Å². The Balaban J connectivity index is 1.56. The summed E-state index contributed by atoms with van der Waals surface area (Å²) < 4.78 is 10.8. The lowest BCUT2D eigenvalue weighted by Gasteiger charge is -2.28. The zero-order valence-electron chi connectivity index (χ0n) is 13.9. The molecule has 0 atom stereocenters.